The Labute approximate surface area is 193 Å². The van der Waals surface area contributed by atoms with Gasteiger partial charge < -0.3 is 15.7 Å². The second kappa shape index (κ2) is 8.94. The first-order chi connectivity index (χ1) is 16.1. The van der Waals surface area contributed by atoms with Gasteiger partial charge in [0.05, 0.1) is 6.04 Å². The molecule has 1 aliphatic carbocycles. The van der Waals surface area contributed by atoms with Gasteiger partial charge in [-0.25, -0.2) is 4.79 Å². The van der Waals surface area contributed by atoms with Crippen LogP contribution in [-0.2, 0) is 11.2 Å². The molecular weight excluding hydrogens is 412 g/mol. The molecule has 166 valence electrons. The largest absolute Gasteiger partial charge is 0.480 e. The third-order valence-electron chi connectivity index (χ3n) is 6.67. The molecule has 1 heterocycles. The third-order valence-corrected chi connectivity index (χ3v) is 6.67. The number of hydrogen-bond donors (Lipinski definition) is 3. The molecule has 5 heteroatoms. The summed E-state index contributed by atoms with van der Waals surface area (Å²) in [6.07, 6.45) is 5.75. The van der Waals surface area contributed by atoms with Crippen molar-refractivity contribution in [2.75, 3.05) is 5.32 Å². The average molecular weight is 439 g/mol. The van der Waals surface area contributed by atoms with Crippen LogP contribution >= 0.6 is 0 Å². The first-order valence-corrected chi connectivity index (χ1v) is 11.3. The Balaban J connectivity index is 1.38. The number of carbonyl (C=O) groups is 2. The highest BCUT2D eigenvalue weighted by Crippen LogP contribution is 2.49. The molecule has 1 aliphatic heterocycles. The molecule has 1 amide bonds. The maximum absolute atomic E-state index is 12.5. The minimum Gasteiger partial charge on any atom is -0.480 e. The van der Waals surface area contributed by atoms with E-state index in [1.165, 1.54) is 11.1 Å². The summed E-state index contributed by atoms with van der Waals surface area (Å²) < 4.78 is 0. The molecule has 0 bridgehead atoms. The van der Waals surface area contributed by atoms with Gasteiger partial charge in [-0.1, -0.05) is 72.8 Å². The van der Waals surface area contributed by atoms with Gasteiger partial charge in [0.25, 0.3) is 5.91 Å². The van der Waals surface area contributed by atoms with E-state index in [1.54, 1.807) is 24.3 Å². The lowest BCUT2D eigenvalue weighted by Gasteiger charge is -2.38. The standard InChI is InChI=1S/C28H26N2O3/c31-27(20-10-5-2-6-11-20)30-25(28(32)33)17-18-14-15-24-23(16-18)21-12-7-13-22(21)26(29-24)19-8-3-1-4-9-19/h1-12,14-16,21-22,25-26,29H,13,17H2,(H,30,31)(H,32,33)/t21-,22+,25?,26+/m1/s1. The topological polar surface area (TPSA) is 78.4 Å². The first kappa shape index (κ1) is 21.0. The van der Waals surface area contributed by atoms with Crippen LogP contribution in [-0.4, -0.2) is 23.0 Å². The number of carboxylic acid groups (broad SMARTS) is 1. The second-order valence-electron chi connectivity index (χ2n) is 8.74. The van der Waals surface area contributed by atoms with Gasteiger partial charge >= 0.3 is 5.97 Å². The molecule has 0 radical (unpaired) electrons. The maximum Gasteiger partial charge on any atom is 0.326 e. The predicted octanol–water partition coefficient (Wildman–Crippen LogP) is 4.94. The SMILES string of the molecule is O=C(NC(Cc1ccc2c(c1)[C@@H]1C=CC[C@@H]1[C@H](c1ccccc1)N2)C(=O)O)c1ccccc1. The lowest BCUT2D eigenvalue weighted by molar-refractivity contribution is -0.139. The van der Waals surface area contributed by atoms with Crippen LogP contribution in [0.3, 0.4) is 0 Å². The number of carboxylic acids is 1. The molecule has 5 nitrogen and oxygen atoms in total. The fraction of sp³-hybridized carbons (Fsp3) is 0.214. The van der Waals surface area contributed by atoms with E-state index >= 15 is 0 Å². The molecule has 0 fully saturated rings. The molecule has 4 atom stereocenters. The zero-order chi connectivity index (χ0) is 22.8. The van der Waals surface area contributed by atoms with Crippen LogP contribution in [0.25, 0.3) is 0 Å². The lowest BCUT2D eigenvalue weighted by atomic mass is 9.76. The molecule has 0 saturated heterocycles. The summed E-state index contributed by atoms with van der Waals surface area (Å²) in [6, 6.07) is 24.5. The van der Waals surface area contributed by atoms with Crippen molar-refractivity contribution in [2.24, 2.45) is 5.92 Å². The van der Waals surface area contributed by atoms with E-state index < -0.39 is 12.0 Å². The van der Waals surface area contributed by atoms with Gasteiger partial charge in [0.15, 0.2) is 0 Å². The van der Waals surface area contributed by atoms with E-state index in [0.717, 1.165) is 17.7 Å². The van der Waals surface area contributed by atoms with Gasteiger partial charge in [-0.2, -0.15) is 0 Å². The van der Waals surface area contributed by atoms with Gasteiger partial charge in [-0.15, -0.1) is 0 Å². The number of benzene rings is 3. The van der Waals surface area contributed by atoms with Gasteiger partial charge in [-0.05, 0) is 47.2 Å². The highest BCUT2D eigenvalue weighted by molar-refractivity contribution is 5.96. The molecule has 0 aromatic heterocycles. The molecule has 0 spiro atoms. The summed E-state index contributed by atoms with van der Waals surface area (Å²) in [5.74, 6) is -0.721. The molecule has 2 aliphatic rings. The Morgan fingerprint density at radius 1 is 1.00 bits per heavy atom. The summed E-state index contributed by atoms with van der Waals surface area (Å²) in [7, 11) is 0. The monoisotopic (exact) mass is 438 g/mol. The minimum absolute atomic E-state index is 0.227. The molecule has 3 aromatic carbocycles. The number of amides is 1. The Morgan fingerprint density at radius 2 is 1.73 bits per heavy atom. The predicted molar refractivity (Wildman–Crippen MR) is 128 cm³/mol. The summed E-state index contributed by atoms with van der Waals surface area (Å²) in [5, 5.41) is 16.1. The van der Waals surface area contributed by atoms with Crippen molar-refractivity contribution in [1.82, 2.24) is 5.32 Å². The molecule has 33 heavy (non-hydrogen) atoms. The zero-order valence-corrected chi connectivity index (χ0v) is 18.1. The number of nitrogens with one attached hydrogen (secondary N) is 2. The Kier molecular flexibility index (Phi) is 5.69. The van der Waals surface area contributed by atoms with Crippen LogP contribution in [0, 0.1) is 5.92 Å². The number of anilines is 1. The fourth-order valence-electron chi connectivity index (χ4n) is 5.03. The van der Waals surface area contributed by atoms with E-state index in [2.05, 4.69) is 53.1 Å². The van der Waals surface area contributed by atoms with E-state index in [9.17, 15) is 14.7 Å². The molecule has 3 N–H and O–H groups in total. The molecule has 0 saturated carbocycles. The Bertz CT molecular complexity index is 1190. The Morgan fingerprint density at radius 3 is 2.45 bits per heavy atom. The van der Waals surface area contributed by atoms with Gasteiger partial charge in [0, 0.05) is 23.6 Å². The van der Waals surface area contributed by atoms with E-state index in [4.69, 9.17) is 0 Å². The normalized spacial score (nSPS) is 21.4. The van der Waals surface area contributed by atoms with E-state index in [1.807, 2.05) is 24.3 Å². The van der Waals surface area contributed by atoms with Crippen molar-refractivity contribution in [1.29, 1.82) is 0 Å². The lowest BCUT2D eigenvalue weighted by Crippen LogP contribution is -2.42. The van der Waals surface area contributed by atoms with Crippen LogP contribution < -0.4 is 10.6 Å². The second-order valence-corrected chi connectivity index (χ2v) is 8.74. The van der Waals surface area contributed by atoms with Gasteiger partial charge in [0.1, 0.15) is 6.04 Å². The van der Waals surface area contributed by atoms with Crippen molar-refractivity contribution < 1.29 is 14.7 Å². The molecule has 1 unspecified atom stereocenters. The van der Waals surface area contributed by atoms with E-state index in [0.29, 0.717) is 11.5 Å². The number of carbonyl (C=O) groups excluding carboxylic acids is 1. The van der Waals surface area contributed by atoms with Crippen LogP contribution in [0.5, 0.6) is 0 Å². The van der Waals surface area contributed by atoms with Crippen molar-refractivity contribution in [3.05, 3.63) is 113 Å². The van der Waals surface area contributed by atoms with Crippen molar-refractivity contribution >= 4 is 17.6 Å². The molecule has 5 rings (SSSR count). The number of aliphatic carboxylic acids is 1. The van der Waals surface area contributed by atoms with Crippen molar-refractivity contribution in [3.8, 4) is 0 Å². The minimum atomic E-state index is -1.04. The van der Waals surface area contributed by atoms with Gasteiger partial charge in [-0.3, -0.25) is 4.79 Å². The zero-order valence-electron chi connectivity index (χ0n) is 18.1. The van der Waals surface area contributed by atoms with Crippen LogP contribution in [0.4, 0.5) is 5.69 Å². The summed E-state index contributed by atoms with van der Waals surface area (Å²) >= 11 is 0. The number of fused-ring (bicyclic) bond motifs is 3. The Hall–Kier alpha value is -3.86. The third kappa shape index (κ3) is 4.27. The van der Waals surface area contributed by atoms with Crippen LogP contribution in [0.1, 0.15) is 45.4 Å². The summed E-state index contributed by atoms with van der Waals surface area (Å²) in [6.45, 7) is 0. The summed E-state index contributed by atoms with van der Waals surface area (Å²) in [4.78, 5) is 24.4. The fourth-order valence-corrected chi connectivity index (χ4v) is 5.03. The van der Waals surface area contributed by atoms with Gasteiger partial charge in [0.2, 0.25) is 0 Å². The number of hydrogen-bond acceptors (Lipinski definition) is 3. The molecule has 3 aromatic rings. The first-order valence-electron chi connectivity index (χ1n) is 11.3. The van der Waals surface area contributed by atoms with Crippen LogP contribution in [0.2, 0.25) is 0 Å². The highest BCUT2D eigenvalue weighted by atomic mass is 16.4. The van der Waals surface area contributed by atoms with Crippen molar-refractivity contribution in [3.63, 3.8) is 0 Å². The number of rotatable bonds is 6. The van der Waals surface area contributed by atoms with Crippen molar-refractivity contribution in [2.45, 2.75) is 30.8 Å². The van der Waals surface area contributed by atoms with Crippen LogP contribution in [0.15, 0.2) is 91.0 Å². The quantitative estimate of drug-likeness (QED) is 0.477. The average Bonchev–Trinajstić information content (AvgIpc) is 3.34. The summed E-state index contributed by atoms with van der Waals surface area (Å²) in [5.41, 5.74) is 4.90. The highest BCUT2D eigenvalue weighted by Gasteiger charge is 2.38. The van der Waals surface area contributed by atoms with E-state index in [-0.39, 0.29) is 24.3 Å². The maximum atomic E-state index is 12.5. The smallest absolute Gasteiger partial charge is 0.326 e. The number of allylic oxidation sites excluding steroid dienone is 2. The molecular formula is C28H26N2O3.